The van der Waals surface area contributed by atoms with Gasteiger partial charge in [0.1, 0.15) is 5.75 Å². The lowest BCUT2D eigenvalue weighted by Gasteiger charge is -2.26. The van der Waals surface area contributed by atoms with Gasteiger partial charge in [-0.3, -0.25) is 9.59 Å². The van der Waals surface area contributed by atoms with Crippen molar-refractivity contribution in [2.24, 2.45) is 0 Å². The molecular weight excluding hydrogens is 340 g/mol. The molecule has 0 saturated heterocycles. The number of ether oxygens (including phenoxy) is 1. The maximum absolute atomic E-state index is 12.2. The van der Waals surface area contributed by atoms with Gasteiger partial charge in [0.2, 0.25) is 5.91 Å². The van der Waals surface area contributed by atoms with Crippen LogP contribution in [0.15, 0.2) is 48.5 Å². The van der Waals surface area contributed by atoms with Crippen molar-refractivity contribution >= 4 is 23.4 Å². The molecule has 0 unspecified atom stereocenters. The molecule has 1 heterocycles. The van der Waals surface area contributed by atoms with Crippen LogP contribution in [0.25, 0.3) is 0 Å². The smallest absolute Gasteiger partial charge is 0.252 e. The predicted octanol–water partition coefficient (Wildman–Crippen LogP) is 3.10. The Morgan fingerprint density at radius 1 is 1.12 bits per heavy atom. The molecule has 0 aliphatic carbocycles. The maximum Gasteiger partial charge on any atom is 0.252 e. The molecule has 0 fully saturated rings. The fraction of sp³-hybridized carbons (Fsp3) is 0.263. The van der Waals surface area contributed by atoms with Crippen LogP contribution in [0.2, 0.25) is 5.02 Å². The molecule has 2 N–H and O–H groups in total. The zero-order valence-corrected chi connectivity index (χ0v) is 14.4. The van der Waals surface area contributed by atoms with Crippen molar-refractivity contribution in [3.05, 3.63) is 64.7 Å². The monoisotopic (exact) mass is 358 g/mol. The van der Waals surface area contributed by atoms with Gasteiger partial charge in [-0.15, -0.1) is 0 Å². The van der Waals surface area contributed by atoms with E-state index in [-0.39, 0.29) is 30.8 Å². The summed E-state index contributed by atoms with van der Waals surface area (Å²) in [4.78, 5) is 24.2. The molecule has 6 heteroatoms. The first-order valence-electron chi connectivity index (χ1n) is 8.19. The zero-order chi connectivity index (χ0) is 17.6. The summed E-state index contributed by atoms with van der Waals surface area (Å²) in [5.74, 6) is 0.419. The summed E-state index contributed by atoms with van der Waals surface area (Å²) in [6.07, 6.45) is 0.935. The number of halogens is 1. The van der Waals surface area contributed by atoms with Crippen LogP contribution in [0.5, 0.6) is 5.75 Å². The summed E-state index contributed by atoms with van der Waals surface area (Å²) in [6.45, 7) is 0.825. The molecule has 2 aromatic carbocycles. The van der Waals surface area contributed by atoms with Crippen LogP contribution in [0.3, 0.4) is 0 Å². The molecular formula is C19H19ClN2O3. The van der Waals surface area contributed by atoms with Crippen LogP contribution in [-0.4, -0.2) is 25.0 Å². The number of benzene rings is 2. The van der Waals surface area contributed by atoms with Gasteiger partial charge >= 0.3 is 0 Å². The number of fused-ring (bicyclic) bond motifs is 1. The summed E-state index contributed by atoms with van der Waals surface area (Å²) in [5.41, 5.74) is 1.39. The minimum absolute atomic E-state index is 0.0586. The van der Waals surface area contributed by atoms with Gasteiger partial charge in [0.25, 0.3) is 5.91 Å². The fourth-order valence-corrected chi connectivity index (χ4v) is 3.01. The van der Waals surface area contributed by atoms with Crippen molar-refractivity contribution in [2.45, 2.75) is 18.9 Å². The highest BCUT2D eigenvalue weighted by atomic mass is 35.5. The van der Waals surface area contributed by atoms with Crippen LogP contribution in [0.4, 0.5) is 0 Å². The standard InChI is InChI=1S/C19H19ClN2O3/c20-15-7-3-1-5-13(15)19(24)21-11-9-18(23)22-16-10-12-25-17-8-4-2-6-14(16)17/h1-8,16H,9-12H2,(H,21,24)(H,22,23)/t16-/m1/s1. The third kappa shape index (κ3) is 4.31. The van der Waals surface area contributed by atoms with E-state index < -0.39 is 0 Å². The van der Waals surface area contributed by atoms with Crippen molar-refractivity contribution in [1.82, 2.24) is 10.6 Å². The van der Waals surface area contributed by atoms with E-state index in [1.165, 1.54) is 0 Å². The second kappa shape index (κ2) is 8.03. The highest BCUT2D eigenvalue weighted by Crippen LogP contribution is 2.31. The molecule has 1 aliphatic heterocycles. The topological polar surface area (TPSA) is 67.4 Å². The molecule has 1 aliphatic rings. The summed E-state index contributed by atoms with van der Waals surface area (Å²) < 4.78 is 5.59. The van der Waals surface area contributed by atoms with Crippen LogP contribution in [-0.2, 0) is 4.79 Å². The van der Waals surface area contributed by atoms with E-state index in [1.807, 2.05) is 24.3 Å². The van der Waals surface area contributed by atoms with Gasteiger partial charge in [-0.1, -0.05) is 41.9 Å². The number of nitrogens with one attached hydrogen (secondary N) is 2. The van der Waals surface area contributed by atoms with Gasteiger partial charge in [0, 0.05) is 24.9 Å². The maximum atomic E-state index is 12.2. The first-order chi connectivity index (χ1) is 12.1. The van der Waals surface area contributed by atoms with E-state index in [0.717, 1.165) is 17.7 Å². The number of carbonyl (C=O) groups excluding carboxylic acids is 2. The Balaban J connectivity index is 1.49. The van der Waals surface area contributed by atoms with Crippen molar-refractivity contribution in [3.8, 4) is 5.75 Å². The average Bonchev–Trinajstić information content (AvgIpc) is 2.62. The Kier molecular flexibility index (Phi) is 5.56. The normalized spacial score (nSPS) is 15.6. The van der Waals surface area contributed by atoms with E-state index in [2.05, 4.69) is 10.6 Å². The molecule has 25 heavy (non-hydrogen) atoms. The summed E-state index contributed by atoms with van der Waals surface area (Å²) >= 11 is 5.99. The minimum Gasteiger partial charge on any atom is -0.493 e. The van der Waals surface area contributed by atoms with E-state index in [1.54, 1.807) is 24.3 Å². The first-order valence-corrected chi connectivity index (χ1v) is 8.57. The minimum atomic E-state index is -0.283. The van der Waals surface area contributed by atoms with Gasteiger partial charge in [0.15, 0.2) is 0 Å². The molecule has 130 valence electrons. The third-order valence-electron chi connectivity index (χ3n) is 4.05. The molecule has 0 bridgehead atoms. The SMILES string of the molecule is O=C(CCNC(=O)c1ccccc1Cl)N[C@@H]1CCOc2ccccc21. The number of carbonyl (C=O) groups is 2. The average molecular weight is 359 g/mol. The second-order valence-electron chi connectivity index (χ2n) is 5.78. The van der Waals surface area contributed by atoms with E-state index in [0.29, 0.717) is 17.2 Å². The van der Waals surface area contributed by atoms with Crippen LogP contribution in [0, 0.1) is 0 Å². The molecule has 2 aromatic rings. The zero-order valence-electron chi connectivity index (χ0n) is 13.6. The third-order valence-corrected chi connectivity index (χ3v) is 4.38. The quantitative estimate of drug-likeness (QED) is 0.863. The van der Waals surface area contributed by atoms with E-state index in [4.69, 9.17) is 16.3 Å². The van der Waals surface area contributed by atoms with Gasteiger partial charge in [-0.2, -0.15) is 0 Å². The van der Waals surface area contributed by atoms with Gasteiger partial charge in [-0.25, -0.2) is 0 Å². The van der Waals surface area contributed by atoms with Gasteiger partial charge in [-0.05, 0) is 18.2 Å². The highest BCUT2D eigenvalue weighted by molar-refractivity contribution is 6.33. The molecule has 5 nitrogen and oxygen atoms in total. The molecule has 0 spiro atoms. The number of para-hydroxylation sites is 1. The van der Waals surface area contributed by atoms with Crippen molar-refractivity contribution in [3.63, 3.8) is 0 Å². The predicted molar refractivity (Wildman–Crippen MR) is 95.8 cm³/mol. The van der Waals surface area contributed by atoms with Crippen LogP contribution in [0.1, 0.15) is 34.8 Å². The lowest BCUT2D eigenvalue weighted by molar-refractivity contribution is -0.121. The Morgan fingerprint density at radius 3 is 2.72 bits per heavy atom. The lowest BCUT2D eigenvalue weighted by Crippen LogP contribution is -2.35. The summed E-state index contributed by atoms with van der Waals surface area (Å²) in [6, 6.07) is 14.5. The van der Waals surface area contributed by atoms with Crippen molar-refractivity contribution in [2.75, 3.05) is 13.2 Å². The Bertz CT molecular complexity index is 779. The molecule has 0 saturated carbocycles. The molecule has 0 radical (unpaired) electrons. The van der Waals surface area contributed by atoms with E-state index in [9.17, 15) is 9.59 Å². The Morgan fingerprint density at radius 2 is 1.88 bits per heavy atom. The Hall–Kier alpha value is -2.53. The van der Waals surface area contributed by atoms with Crippen LogP contribution >= 0.6 is 11.6 Å². The fourth-order valence-electron chi connectivity index (χ4n) is 2.79. The van der Waals surface area contributed by atoms with Gasteiger partial charge in [0.05, 0.1) is 23.2 Å². The lowest BCUT2D eigenvalue weighted by atomic mass is 10.0. The van der Waals surface area contributed by atoms with Crippen LogP contribution < -0.4 is 15.4 Å². The number of hydrogen-bond donors (Lipinski definition) is 2. The van der Waals surface area contributed by atoms with Crippen molar-refractivity contribution in [1.29, 1.82) is 0 Å². The first kappa shape index (κ1) is 17.3. The molecule has 0 aromatic heterocycles. The summed E-state index contributed by atoms with van der Waals surface area (Å²) in [7, 11) is 0. The largest absolute Gasteiger partial charge is 0.493 e. The highest BCUT2D eigenvalue weighted by Gasteiger charge is 2.22. The molecule has 3 rings (SSSR count). The Labute approximate surface area is 151 Å². The number of rotatable bonds is 5. The second-order valence-corrected chi connectivity index (χ2v) is 6.19. The van der Waals surface area contributed by atoms with Crippen molar-refractivity contribution < 1.29 is 14.3 Å². The van der Waals surface area contributed by atoms with Gasteiger partial charge < -0.3 is 15.4 Å². The number of hydrogen-bond acceptors (Lipinski definition) is 3. The molecule has 1 atom stereocenters. The summed E-state index contributed by atoms with van der Waals surface area (Å²) in [5, 5.41) is 6.11. The number of amides is 2. The molecule has 2 amide bonds. The van der Waals surface area contributed by atoms with E-state index >= 15 is 0 Å².